The largest absolute Gasteiger partial charge is 0.495 e. The predicted octanol–water partition coefficient (Wildman–Crippen LogP) is 3.28. The van der Waals surface area contributed by atoms with E-state index >= 15 is 0 Å². The van der Waals surface area contributed by atoms with Gasteiger partial charge in [0.1, 0.15) is 10.6 Å². The molecule has 134 valence electrons. The fourth-order valence-corrected chi connectivity index (χ4v) is 3.89. The summed E-state index contributed by atoms with van der Waals surface area (Å²) in [6.07, 6.45) is 5.00. The van der Waals surface area contributed by atoms with Gasteiger partial charge in [-0.3, -0.25) is 9.97 Å². The Balaban J connectivity index is 1.89. The van der Waals surface area contributed by atoms with Crippen molar-refractivity contribution < 1.29 is 13.2 Å². The number of sulfonamides is 1. The van der Waals surface area contributed by atoms with Crippen LogP contribution >= 0.6 is 11.6 Å². The van der Waals surface area contributed by atoms with E-state index in [2.05, 4.69) is 14.7 Å². The second-order valence-corrected chi connectivity index (χ2v) is 7.54. The van der Waals surface area contributed by atoms with Crippen LogP contribution in [-0.2, 0) is 16.6 Å². The first-order valence-corrected chi connectivity index (χ1v) is 9.55. The van der Waals surface area contributed by atoms with Gasteiger partial charge in [-0.2, -0.15) is 0 Å². The van der Waals surface area contributed by atoms with Crippen LogP contribution in [-0.4, -0.2) is 25.5 Å². The van der Waals surface area contributed by atoms with Crippen molar-refractivity contribution in [3.8, 4) is 17.0 Å². The molecule has 0 amide bonds. The average molecular weight is 390 g/mol. The van der Waals surface area contributed by atoms with Crippen LogP contribution < -0.4 is 9.46 Å². The highest BCUT2D eigenvalue weighted by Gasteiger charge is 2.20. The molecule has 0 spiro atoms. The van der Waals surface area contributed by atoms with E-state index in [1.807, 2.05) is 12.1 Å². The molecule has 0 atom stereocenters. The van der Waals surface area contributed by atoms with Crippen molar-refractivity contribution in [3.05, 3.63) is 71.6 Å². The molecule has 0 radical (unpaired) electrons. The molecule has 0 unspecified atom stereocenters. The molecular formula is C18H16ClN3O3S. The molecule has 0 aliphatic rings. The second-order valence-electron chi connectivity index (χ2n) is 5.37. The predicted molar refractivity (Wildman–Crippen MR) is 99.5 cm³/mol. The molecular weight excluding hydrogens is 374 g/mol. The van der Waals surface area contributed by atoms with Crippen LogP contribution in [0.3, 0.4) is 0 Å². The Morgan fingerprint density at radius 1 is 1.15 bits per heavy atom. The number of rotatable bonds is 6. The number of hydrogen-bond acceptors (Lipinski definition) is 5. The first-order valence-electron chi connectivity index (χ1n) is 7.69. The Labute approximate surface area is 156 Å². The van der Waals surface area contributed by atoms with Crippen molar-refractivity contribution in [3.63, 3.8) is 0 Å². The molecule has 26 heavy (non-hydrogen) atoms. The van der Waals surface area contributed by atoms with Crippen LogP contribution in [0, 0.1) is 0 Å². The summed E-state index contributed by atoms with van der Waals surface area (Å²) in [6.45, 7) is 0.0655. The quantitative estimate of drug-likeness (QED) is 0.699. The Bertz CT molecular complexity index is 1010. The third-order valence-electron chi connectivity index (χ3n) is 3.69. The van der Waals surface area contributed by atoms with Gasteiger partial charge in [0.2, 0.25) is 10.0 Å². The van der Waals surface area contributed by atoms with Gasteiger partial charge in [0.15, 0.2) is 0 Å². The number of ether oxygens (including phenoxy) is 1. The summed E-state index contributed by atoms with van der Waals surface area (Å²) < 4.78 is 33.1. The number of methoxy groups -OCH3 is 1. The van der Waals surface area contributed by atoms with Crippen molar-refractivity contribution in [1.82, 2.24) is 14.7 Å². The Hall–Kier alpha value is -2.48. The third-order valence-corrected chi connectivity index (χ3v) is 5.35. The molecule has 0 aliphatic heterocycles. The van der Waals surface area contributed by atoms with Gasteiger partial charge in [-0.1, -0.05) is 17.7 Å². The lowest BCUT2D eigenvalue weighted by molar-refractivity contribution is 0.402. The summed E-state index contributed by atoms with van der Waals surface area (Å²) in [5.74, 6) is 0.223. The van der Waals surface area contributed by atoms with Gasteiger partial charge < -0.3 is 4.74 Å². The van der Waals surface area contributed by atoms with Gasteiger partial charge in [0, 0.05) is 35.7 Å². The Kier molecular flexibility index (Phi) is 5.51. The van der Waals surface area contributed by atoms with Crippen LogP contribution in [0.2, 0.25) is 5.02 Å². The molecule has 0 saturated heterocycles. The highest BCUT2D eigenvalue weighted by molar-refractivity contribution is 7.89. The first kappa shape index (κ1) is 18.3. The first-order chi connectivity index (χ1) is 12.5. The Morgan fingerprint density at radius 2 is 1.96 bits per heavy atom. The molecule has 8 heteroatoms. The molecule has 0 bridgehead atoms. The maximum absolute atomic E-state index is 12.7. The Morgan fingerprint density at radius 3 is 2.69 bits per heavy atom. The van der Waals surface area contributed by atoms with E-state index in [9.17, 15) is 8.42 Å². The van der Waals surface area contributed by atoms with Crippen molar-refractivity contribution >= 4 is 21.6 Å². The molecule has 0 aliphatic carbocycles. The van der Waals surface area contributed by atoms with Gasteiger partial charge in [0.05, 0.1) is 12.8 Å². The van der Waals surface area contributed by atoms with Gasteiger partial charge in [0.25, 0.3) is 0 Å². The summed E-state index contributed by atoms with van der Waals surface area (Å²) in [5, 5.41) is 0.309. The number of aromatic nitrogens is 2. The number of nitrogens with zero attached hydrogens (tertiary/aromatic N) is 2. The topological polar surface area (TPSA) is 81.2 Å². The van der Waals surface area contributed by atoms with Crippen molar-refractivity contribution in [1.29, 1.82) is 0 Å². The van der Waals surface area contributed by atoms with Gasteiger partial charge in [-0.05, 0) is 42.0 Å². The van der Waals surface area contributed by atoms with Gasteiger partial charge in [-0.25, -0.2) is 13.1 Å². The number of hydrogen-bond donors (Lipinski definition) is 1. The monoisotopic (exact) mass is 389 g/mol. The van der Waals surface area contributed by atoms with E-state index in [0.29, 0.717) is 10.7 Å². The highest BCUT2D eigenvalue weighted by atomic mass is 35.5. The number of pyridine rings is 2. The van der Waals surface area contributed by atoms with Crippen molar-refractivity contribution in [2.45, 2.75) is 11.4 Å². The zero-order valence-corrected chi connectivity index (χ0v) is 15.5. The smallest absolute Gasteiger partial charge is 0.244 e. The standard InChI is InChI=1S/C18H16ClN3O3S/c1-25-16-7-6-15(19)10-17(16)26(23,24)22-12-14-5-3-9-21-18(14)13-4-2-8-20-11-13/h2-11,22H,12H2,1H3. The third kappa shape index (κ3) is 4.01. The van der Waals surface area contributed by atoms with Gasteiger partial charge >= 0.3 is 0 Å². The van der Waals surface area contributed by atoms with Crippen LogP contribution in [0.4, 0.5) is 0 Å². The summed E-state index contributed by atoms with van der Waals surface area (Å²) in [4.78, 5) is 8.42. The second kappa shape index (κ2) is 7.82. The number of halogens is 1. The average Bonchev–Trinajstić information content (AvgIpc) is 2.67. The molecule has 2 aromatic heterocycles. The molecule has 3 aromatic rings. The van der Waals surface area contributed by atoms with E-state index in [-0.39, 0.29) is 17.2 Å². The minimum absolute atomic E-state index is 0.0145. The molecule has 1 N–H and O–H groups in total. The molecule has 2 heterocycles. The fraction of sp³-hybridized carbons (Fsp3) is 0.111. The zero-order chi connectivity index (χ0) is 18.6. The molecule has 0 fully saturated rings. The molecule has 1 aromatic carbocycles. The van der Waals surface area contributed by atoms with E-state index < -0.39 is 10.0 Å². The van der Waals surface area contributed by atoms with E-state index in [0.717, 1.165) is 11.1 Å². The summed E-state index contributed by atoms with van der Waals surface area (Å²) in [6, 6.07) is 11.7. The minimum Gasteiger partial charge on any atom is -0.495 e. The van der Waals surface area contributed by atoms with Crippen LogP contribution in [0.5, 0.6) is 5.75 Å². The lowest BCUT2D eigenvalue weighted by atomic mass is 10.1. The lowest BCUT2D eigenvalue weighted by Crippen LogP contribution is -2.24. The fourth-order valence-electron chi connectivity index (χ4n) is 2.46. The van der Waals surface area contributed by atoms with Crippen LogP contribution in [0.15, 0.2) is 66.0 Å². The highest BCUT2D eigenvalue weighted by Crippen LogP contribution is 2.27. The number of nitrogens with one attached hydrogen (secondary N) is 1. The van der Waals surface area contributed by atoms with E-state index in [1.54, 1.807) is 36.8 Å². The molecule has 3 rings (SSSR count). The molecule has 6 nitrogen and oxygen atoms in total. The van der Waals surface area contributed by atoms with Crippen LogP contribution in [0.25, 0.3) is 11.3 Å². The lowest BCUT2D eigenvalue weighted by Gasteiger charge is -2.13. The summed E-state index contributed by atoms with van der Waals surface area (Å²) in [7, 11) is -2.42. The van der Waals surface area contributed by atoms with E-state index in [4.69, 9.17) is 16.3 Å². The maximum Gasteiger partial charge on any atom is 0.244 e. The van der Waals surface area contributed by atoms with Crippen LogP contribution in [0.1, 0.15) is 5.56 Å². The van der Waals surface area contributed by atoms with E-state index in [1.165, 1.54) is 19.2 Å². The summed E-state index contributed by atoms with van der Waals surface area (Å²) >= 11 is 5.94. The minimum atomic E-state index is -3.83. The number of benzene rings is 1. The normalized spacial score (nSPS) is 11.3. The van der Waals surface area contributed by atoms with Gasteiger partial charge in [-0.15, -0.1) is 0 Å². The maximum atomic E-state index is 12.7. The van der Waals surface area contributed by atoms with Crippen molar-refractivity contribution in [2.24, 2.45) is 0 Å². The molecule has 0 saturated carbocycles. The summed E-state index contributed by atoms with van der Waals surface area (Å²) in [5.41, 5.74) is 2.20. The SMILES string of the molecule is COc1ccc(Cl)cc1S(=O)(=O)NCc1cccnc1-c1cccnc1. The van der Waals surface area contributed by atoms with Crippen molar-refractivity contribution in [2.75, 3.05) is 7.11 Å². The zero-order valence-electron chi connectivity index (χ0n) is 13.9.